The summed E-state index contributed by atoms with van der Waals surface area (Å²) in [6.07, 6.45) is -3.27. The molecule has 0 saturated carbocycles. The molecule has 84 valence electrons. The molecule has 1 aromatic heterocycles. The van der Waals surface area contributed by atoms with Crippen molar-refractivity contribution in [1.82, 2.24) is 4.98 Å². The lowest BCUT2D eigenvalue weighted by molar-refractivity contribution is -0.385. The van der Waals surface area contributed by atoms with Gasteiger partial charge in [0.1, 0.15) is 5.69 Å². The molecule has 0 N–H and O–H groups in total. The van der Waals surface area contributed by atoms with Crippen molar-refractivity contribution in [3.8, 4) is 6.07 Å². The van der Waals surface area contributed by atoms with Gasteiger partial charge in [-0.25, -0.2) is 13.8 Å². The Labute approximate surface area is 93.4 Å². The highest BCUT2D eigenvalue weighted by Gasteiger charge is 2.23. The van der Waals surface area contributed by atoms with Crippen molar-refractivity contribution in [2.75, 3.05) is 0 Å². The molecule has 0 saturated heterocycles. The number of nitrogens with zero attached hydrogens (tertiary/aromatic N) is 3. The highest BCUT2D eigenvalue weighted by molar-refractivity contribution is 6.31. The van der Waals surface area contributed by atoms with Crippen molar-refractivity contribution < 1.29 is 13.7 Å². The molecule has 0 radical (unpaired) electrons. The predicted molar refractivity (Wildman–Crippen MR) is 50.2 cm³/mol. The molecule has 1 heterocycles. The number of nitro groups is 1. The molecule has 0 aliphatic heterocycles. The van der Waals surface area contributed by atoms with Crippen molar-refractivity contribution in [3.05, 3.63) is 32.6 Å². The third kappa shape index (κ3) is 2.41. The first-order valence-corrected chi connectivity index (χ1v) is 4.34. The van der Waals surface area contributed by atoms with E-state index in [1.807, 2.05) is 0 Å². The maximum absolute atomic E-state index is 12.3. The first-order chi connectivity index (χ1) is 7.47. The number of halogens is 3. The number of alkyl halides is 2. The lowest BCUT2D eigenvalue weighted by atomic mass is 10.1. The molecule has 0 atom stereocenters. The molecular formula is C8H4ClF2N3O2. The Bertz CT molecular complexity index is 473. The van der Waals surface area contributed by atoms with E-state index in [-0.39, 0.29) is 12.0 Å². The average molecular weight is 248 g/mol. The maximum atomic E-state index is 12.3. The fourth-order valence-electron chi connectivity index (χ4n) is 1.10. The van der Waals surface area contributed by atoms with Crippen molar-refractivity contribution in [2.45, 2.75) is 12.8 Å². The van der Waals surface area contributed by atoms with E-state index in [4.69, 9.17) is 16.9 Å². The van der Waals surface area contributed by atoms with Gasteiger partial charge in [0.25, 0.3) is 6.43 Å². The normalized spacial score (nSPS) is 10.2. The number of pyridine rings is 1. The third-order valence-corrected chi connectivity index (χ3v) is 1.99. The lowest BCUT2D eigenvalue weighted by Gasteiger charge is -2.04. The fourth-order valence-corrected chi connectivity index (χ4v) is 1.39. The molecule has 0 bridgehead atoms. The zero-order valence-corrected chi connectivity index (χ0v) is 8.41. The van der Waals surface area contributed by atoms with Crippen molar-refractivity contribution in [1.29, 1.82) is 5.26 Å². The Morgan fingerprint density at radius 3 is 2.75 bits per heavy atom. The summed E-state index contributed by atoms with van der Waals surface area (Å²) in [5, 5.41) is 18.4. The molecule has 0 spiro atoms. The van der Waals surface area contributed by atoms with E-state index >= 15 is 0 Å². The molecule has 0 unspecified atom stereocenters. The highest BCUT2D eigenvalue weighted by Crippen LogP contribution is 2.30. The van der Waals surface area contributed by atoms with Crippen molar-refractivity contribution in [2.24, 2.45) is 0 Å². The molecule has 1 aromatic rings. The van der Waals surface area contributed by atoms with Crippen LogP contribution >= 0.6 is 11.6 Å². The van der Waals surface area contributed by atoms with Crippen LogP contribution in [0.15, 0.2) is 6.07 Å². The van der Waals surface area contributed by atoms with E-state index in [2.05, 4.69) is 4.98 Å². The summed E-state index contributed by atoms with van der Waals surface area (Å²) >= 11 is 5.41. The number of hydrogen-bond donors (Lipinski definition) is 0. The van der Waals surface area contributed by atoms with Gasteiger partial charge >= 0.3 is 5.69 Å². The summed E-state index contributed by atoms with van der Waals surface area (Å²) in [7, 11) is 0. The number of nitriles is 1. The van der Waals surface area contributed by atoms with Gasteiger partial charge in [-0.2, -0.15) is 5.26 Å². The van der Waals surface area contributed by atoms with Crippen LogP contribution in [-0.2, 0) is 6.42 Å². The van der Waals surface area contributed by atoms with E-state index in [0.29, 0.717) is 0 Å². The fraction of sp³-hybridized carbons (Fsp3) is 0.250. The van der Waals surface area contributed by atoms with E-state index < -0.39 is 27.9 Å². The second kappa shape index (κ2) is 4.81. The highest BCUT2D eigenvalue weighted by atomic mass is 35.5. The molecule has 8 heteroatoms. The second-order valence-electron chi connectivity index (χ2n) is 2.74. The standard InChI is InChI=1S/C8H4ClF2N3O2/c9-7-6(14(15)16)4(1-2-12)3-5(13-7)8(10)11/h3,8H,1H2. The zero-order chi connectivity index (χ0) is 12.3. The molecule has 0 aliphatic rings. The summed E-state index contributed by atoms with van der Waals surface area (Å²) in [4.78, 5) is 12.9. The monoisotopic (exact) mass is 247 g/mol. The van der Waals surface area contributed by atoms with Gasteiger partial charge < -0.3 is 0 Å². The zero-order valence-electron chi connectivity index (χ0n) is 7.65. The van der Waals surface area contributed by atoms with Crippen LogP contribution in [0.1, 0.15) is 17.7 Å². The van der Waals surface area contributed by atoms with Crippen LogP contribution < -0.4 is 0 Å². The lowest BCUT2D eigenvalue weighted by Crippen LogP contribution is -2.01. The molecule has 16 heavy (non-hydrogen) atoms. The minimum Gasteiger partial charge on any atom is -0.258 e. The van der Waals surface area contributed by atoms with Gasteiger partial charge in [-0.1, -0.05) is 11.6 Å². The Hall–Kier alpha value is -1.81. The van der Waals surface area contributed by atoms with Crippen LogP contribution in [0.4, 0.5) is 14.5 Å². The molecule has 0 fully saturated rings. The minimum atomic E-state index is -2.89. The van der Waals surface area contributed by atoms with E-state index in [1.165, 1.54) is 0 Å². The van der Waals surface area contributed by atoms with Crippen LogP contribution in [0, 0.1) is 21.4 Å². The predicted octanol–water partition coefficient (Wildman–Crippen LogP) is 2.65. The Balaban J connectivity index is 3.40. The molecule has 0 aliphatic carbocycles. The van der Waals surface area contributed by atoms with Crippen molar-refractivity contribution in [3.63, 3.8) is 0 Å². The van der Waals surface area contributed by atoms with E-state index in [0.717, 1.165) is 6.07 Å². The van der Waals surface area contributed by atoms with Gasteiger partial charge in [0, 0.05) is 5.56 Å². The summed E-state index contributed by atoms with van der Waals surface area (Å²) in [6, 6.07) is 2.45. The van der Waals surface area contributed by atoms with Gasteiger partial charge in [-0.15, -0.1) is 0 Å². The van der Waals surface area contributed by atoms with Crippen molar-refractivity contribution >= 4 is 17.3 Å². The van der Waals surface area contributed by atoms with Gasteiger partial charge in [-0.3, -0.25) is 10.1 Å². The summed E-state index contributed by atoms with van der Waals surface area (Å²) in [5.74, 6) is 0. The molecular weight excluding hydrogens is 244 g/mol. The minimum absolute atomic E-state index is 0.164. The van der Waals surface area contributed by atoms with E-state index in [9.17, 15) is 18.9 Å². The number of aromatic nitrogens is 1. The Morgan fingerprint density at radius 2 is 2.31 bits per heavy atom. The first kappa shape index (κ1) is 12.3. The first-order valence-electron chi connectivity index (χ1n) is 3.96. The summed E-state index contributed by atoms with van der Waals surface area (Å²) in [6.45, 7) is 0. The van der Waals surface area contributed by atoms with Gasteiger partial charge in [0.05, 0.1) is 17.4 Å². The third-order valence-electron chi connectivity index (χ3n) is 1.72. The molecule has 0 aromatic carbocycles. The molecule has 5 nitrogen and oxygen atoms in total. The number of rotatable bonds is 3. The number of hydrogen-bond acceptors (Lipinski definition) is 4. The van der Waals surface area contributed by atoms with Crippen LogP contribution in [0.2, 0.25) is 5.15 Å². The summed E-state index contributed by atoms with van der Waals surface area (Å²) < 4.78 is 24.7. The van der Waals surface area contributed by atoms with Crippen LogP contribution in [-0.4, -0.2) is 9.91 Å². The average Bonchev–Trinajstić information content (AvgIpc) is 2.16. The van der Waals surface area contributed by atoms with Crippen LogP contribution in [0.3, 0.4) is 0 Å². The molecule has 0 amide bonds. The maximum Gasteiger partial charge on any atom is 0.310 e. The van der Waals surface area contributed by atoms with E-state index in [1.54, 1.807) is 6.07 Å². The Kier molecular flexibility index (Phi) is 3.68. The second-order valence-corrected chi connectivity index (χ2v) is 3.10. The summed E-state index contributed by atoms with van der Waals surface area (Å²) in [5.41, 5.74) is -1.45. The SMILES string of the molecule is N#CCc1cc(C(F)F)nc(Cl)c1[N+](=O)[O-]. The molecule has 1 rings (SSSR count). The van der Waals surface area contributed by atoms with Gasteiger partial charge in [-0.05, 0) is 6.07 Å². The van der Waals surface area contributed by atoms with Crippen LogP contribution in [0.5, 0.6) is 0 Å². The topological polar surface area (TPSA) is 79.8 Å². The quantitative estimate of drug-likeness (QED) is 0.467. The van der Waals surface area contributed by atoms with Crippen LogP contribution in [0.25, 0.3) is 0 Å². The largest absolute Gasteiger partial charge is 0.310 e. The van der Waals surface area contributed by atoms with Gasteiger partial charge in [0.15, 0.2) is 0 Å². The smallest absolute Gasteiger partial charge is 0.258 e. The Morgan fingerprint density at radius 1 is 1.69 bits per heavy atom. The van der Waals surface area contributed by atoms with Gasteiger partial charge in [0.2, 0.25) is 5.15 Å².